The van der Waals surface area contributed by atoms with Crippen LogP contribution in [0.1, 0.15) is 40.2 Å². The Morgan fingerprint density at radius 3 is 2.62 bits per heavy atom. The fraction of sp³-hybridized carbons (Fsp3) is 0.421. The van der Waals surface area contributed by atoms with Gasteiger partial charge < -0.3 is 14.6 Å². The highest BCUT2D eigenvalue weighted by molar-refractivity contribution is 5.94. The van der Waals surface area contributed by atoms with E-state index < -0.39 is 0 Å². The number of amides is 2. The van der Waals surface area contributed by atoms with E-state index in [9.17, 15) is 9.59 Å². The number of carbonyl (C=O) groups excluding carboxylic acids is 2. The lowest BCUT2D eigenvalue weighted by Gasteiger charge is -2.32. The number of piperidine rings is 1. The quantitative estimate of drug-likeness (QED) is 0.851. The molecule has 3 heterocycles. The van der Waals surface area contributed by atoms with Crippen LogP contribution in [-0.4, -0.2) is 45.6 Å². The molecule has 7 nitrogen and oxygen atoms in total. The van der Waals surface area contributed by atoms with Crippen molar-refractivity contribution >= 4 is 17.9 Å². The van der Waals surface area contributed by atoms with Gasteiger partial charge in [0.1, 0.15) is 6.26 Å². The zero-order valence-electron chi connectivity index (χ0n) is 15.4. The number of nitrogens with zero attached hydrogens (tertiary/aromatic N) is 3. The van der Waals surface area contributed by atoms with Crippen molar-refractivity contribution in [1.82, 2.24) is 20.0 Å². The maximum absolute atomic E-state index is 12.3. The first kappa shape index (κ1) is 18.0. The van der Waals surface area contributed by atoms with Gasteiger partial charge in [0.05, 0.1) is 17.5 Å². The summed E-state index contributed by atoms with van der Waals surface area (Å²) in [6.07, 6.45) is 7.81. The van der Waals surface area contributed by atoms with E-state index in [4.69, 9.17) is 4.42 Å². The number of carbonyl (C=O) groups is 2. The van der Waals surface area contributed by atoms with Crippen LogP contribution in [-0.2, 0) is 11.8 Å². The summed E-state index contributed by atoms with van der Waals surface area (Å²) in [5.41, 5.74) is 3.47. The summed E-state index contributed by atoms with van der Waals surface area (Å²) >= 11 is 0. The van der Waals surface area contributed by atoms with Gasteiger partial charge >= 0.3 is 0 Å². The molecular formula is C19H24N4O3. The molecule has 2 aromatic heterocycles. The van der Waals surface area contributed by atoms with Gasteiger partial charge in [-0.25, -0.2) is 0 Å². The molecule has 0 atom stereocenters. The van der Waals surface area contributed by atoms with Crippen molar-refractivity contribution in [1.29, 1.82) is 0 Å². The molecule has 2 amide bonds. The molecule has 0 bridgehead atoms. The second kappa shape index (κ2) is 7.59. The Bertz CT molecular complexity index is 812. The van der Waals surface area contributed by atoms with Crippen molar-refractivity contribution in [3.05, 3.63) is 47.2 Å². The lowest BCUT2D eigenvalue weighted by molar-refractivity contribution is -0.117. The lowest BCUT2D eigenvalue weighted by atomic mass is 10.0. The normalized spacial score (nSPS) is 15.6. The van der Waals surface area contributed by atoms with Gasteiger partial charge in [-0.15, -0.1) is 0 Å². The van der Waals surface area contributed by atoms with Crippen LogP contribution < -0.4 is 5.32 Å². The highest BCUT2D eigenvalue weighted by Crippen LogP contribution is 2.15. The van der Waals surface area contributed by atoms with Crippen LogP contribution in [0.5, 0.6) is 0 Å². The molecular weight excluding hydrogens is 332 g/mol. The van der Waals surface area contributed by atoms with Crippen molar-refractivity contribution in [3.8, 4) is 0 Å². The third-order valence-electron chi connectivity index (χ3n) is 4.86. The fourth-order valence-electron chi connectivity index (χ4n) is 3.24. The fourth-order valence-corrected chi connectivity index (χ4v) is 3.24. The molecule has 0 saturated carbocycles. The molecule has 7 heteroatoms. The van der Waals surface area contributed by atoms with Crippen LogP contribution in [0.2, 0.25) is 0 Å². The van der Waals surface area contributed by atoms with Gasteiger partial charge in [0, 0.05) is 43.5 Å². The predicted molar refractivity (Wildman–Crippen MR) is 97.5 cm³/mol. The summed E-state index contributed by atoms with van der Waals surface area (Å²) in [7, 11) is 1.89. The van der Waals surface area contributed by atoms with E-state index >= 15 is 0 Å². The first-order valence-corrected chi connectivity index (χ1v) is 8.76. The smallest absolute Gasteiger partial charge is 0.257 e. The van der Waals surface area contributed by atoms with Crippen LogP contribution in [0.25, 0.3) is 6.08 Å². The minimum atomic E-state index is -0.118. The summed E-state index contributed by atoms with van der Waals surface area (Å²) < 4.78 is 6.77. The highest BCUT2D eigenvalue weighted by Gasteiger charge is 2.24. The Labute approximate surface area is 152 Å². The average Bonchev–Trinajstić information content (AvgIpc) is 3.23. The molecule has 1 fully saturated rings. The van der Waals surface area contributed by atoms with Crippen molar-refractivity contribution in [3.63, 3.8) is 0 Å². The molecule has 1 N–H and O–H groups in total. The topological polar surface area (TPSA) is 80.4 Å². The average molecular weight is 356 g/mol. The van der Waals surface area contributed by atoms with Gasteiger partial charge in [-0.3, -0.25) is 14.3 Å². The zero-order valence-corrected chi connectivity index (χ0v) is 15.4. The zero-order chi connectivity index (χ0) is 18.7. The first-order valence-electron chi connectivity index (χ1n) is 8.76. The van der Waals surface area contributed by atoms with E-state index in [1.165, 1.54) is 12.5 Å². The Balaban J connectivity index is 1.50. The molecule has 1 aliphatic heterocycles. The van der Waals surface area contributed by atoms with E-state index in [0.717, 1.165) is 29.8 Å². The van der Waals surface area contributed by atoms with Crippen LogP contribution in [0.3, 0.4) is 0 Å². The number of hydrogen-bond donors (Lipinski definition) is 1. The van der Waals surface area contributed by atoms with Gasteiger partial charge in [-0.2, -0.15) is 5.10 Å². The van der Waals surface area contributed by atoms with Crippen molar-refractivity contribution in [2.24, 2.45) is 7.05 Å². The van der Waals surface area contributed by atoms with E-state index in [1.54, 1.807) is 21.7 Å². The van der Waals surface area contributed by atoms with Crippen LogP contribution in [0.4, 0.5) is 0 Å². The van der Waals surface area contributed by atoms with E-state index in [-0.39, 0.29) is 17.9 Å². The largest absolute Gasteiger partial charge is 0.472 e. The predicted octanol–water partition coefficient (Wildman–Crippen LogP) is 2.06. The van der Waals surface area contributed by atoms with Crippen molar-refractivity contribution in [2.45, 2.75) is 32.7 Å². The Morgan fingerprint density at radius 2 is 2.04 bits per heavy atom. The number of rotatable bonds is 4. The van der Waals surface area contributed by atoms with Gasteiger partial charge in [0.15, 0.2) is 0 Å². The SMILES string of the molecule is Cc1nn(C)c(C)c1/C=C/C(=O)NC1CCN(C(=O)c2ccoc2)CC1. The number of nitrogens with one attached hydrogen (secondary N) is 1. The molecule has 1 saturated heterocycles. The molecule has 0 radical (unpaired) electrons. The molecule has 0 unspecified atom stereocenters. The summed E-state index contributed by atoms with van der Waals surface area (Å²) in [5.74, 6) is -0.141. The summed E-state index contributed by atoms with van der Waals surface area (Å²) in [5, 5.41) is 7.36. The lowest BCUT2D eigenvalue weighted by Crippen LogP contribution is -2.46. The third-order valence-corrected chi connectivity index (χ3v) is 4.86. The Hall–Kier alpha value is -2.83. The molecule has 3 rings (SSSR count). The molecule has 0 spiro atoms. The second-order valence-corrected chi connectivity index (χ2v) is 6.63. The molecule has 26 heavy (non-hydrogen) atoms. The maximum atomic E-state index is 12.3. The molecule has 1 aliphatic rings. The van der Waals surface area contributed by atoms with Crippen LogP contribution in [0.15, 0.2) is 29.1 Å². The standard InChI is InChI=1S/C19H24N4O3/c1-13-17(14(2)22(3)21-13)4-5-18(24)20-16-6-9-23(10-7-16)19(25)15-8-11-26-12-15/h4-5,8,11-12,16H,6-7,9-10H2,1-3H3,(H,20,24)/b5-4+. The van der Waals surface area contributed by atoms with Crippen molar-refractivity contribution < 1.29 is 14.0 Å². The minimum Gasteiger partial charge on any atom is -0.472 e. The van der Waals surface area contributed by atoms with E-state index in [1.807, 2.05) is 27.0 Å². The molecule has 0 aromatic carbocycles. The number of aryl methyl sites for hydroxylation is 2. The third kappa shape index (κ3) is 3.87. The summed E-state index contributed by atoms with van der Waals surface area (Å²) in [6, 6.07) is 1.75. The Morgan fingerprint density at radius 1 is 1.31 bits per heavy atom. The number of furan rings is 1. The van der Waals surface area contributed by atoms with Crippen molar-refractivity contribution in [2.75, 3.05) is 13.1 Å². The molecule has 0 aliphatic carbocycles. The molecule has 138 valence electrons. The summed E-state index contributed by atoms with van der Waals surface area (Å²) in [6.45, 7) is 5.15. The first-order chi connectivity index (χ1) is 12.5. The summed E-state index contributed by atoms with van der Waals surface area (Å²) in [4.78, 5) is 26.3. The number of likely N-dealkylation sites (tertiary alicyclic amines) is 1. The van der Waals surface area contributed by atoms with Gasteiger partial charge in [0.25, 0.3) is 5.91 Å². The monoisotopic (exact) mass is 356 g/mol. The van der Waals surface area contributed by atoms with Gasteiger partial charge in [-0.05, 0) is 38.8 Å². The maximum Gasteiger partial charge on any atom is 0.257 e. The number of aromatic nitrogens is 2. The minimum absolute atomic E-state index is 0.0223. The van der Waals surface area contributed by atoms with E-state index in [0.29, 0.717) is 18.7 Å². The molecule has 2 aromatic rings. The van der Waals surface area contributed by atoms with Crippen LogP contribution in [0, 0.1) is 13.8 Å². The second-order valence-electron chi connectivity index (χ2n) is 6.63. The highest BCUT2D eigenvalue weighted by atomic mass is 16.3. The number of hydrogen-bond acceptors (Lipinski definition) is 4. The Kier molecular flexibility index (Phi) is 5.25. The van der Waals surface area contributed by atoms with Crippen LogP contribution >= 0.6 is 0 Å². The van der Waals surface area contributed by atoms with Gasteiger partial charge in [-0.1, -0.05) is 0 Å². The van der Waals surface area contributed by atoms with E-state index in [2.05, 4.69) is 10.4 Å². The van der Waals surface area contributed by atoms with Gasteiger partial charge in [0.2, 0.25) is 5.91 Å².